The number of nitriles is 1. The van der Waals surface area contributed by atoms with Crippen molar-refractivity contribution in [2.75, 3.05) is 18.4 Å². The highest BCUT2D eigenvalue weighted by Gasteiger charge is 2.00. The van der Waals surface area contributed by atoms with Crippen molar-refractivity contribution in [2.45, 2.75) is 6.10 Å². The van der Waals surface area contributed by atoms with Crippen LogP contribution in [-0.2, 0) is 0 Å². The summed E-state index contributed by atoms with van der Waals surface area (Å²) in [5.74, 6) is 0. The molecule has 1 unspecified atom stereocenters. The van der Waals surface area contributed by atoms with Crippen LogP contribution in [0.3, 0.4) is 0 Å². The first-order valence-electron chi connectivity index (χ1n) is 4.38. The molecule has 0 saturated heterocycles. The van der Waals surface area contributed by atoms with Crippen LogP contribution in [0.25, 0.3) is 0 Å². The van der Waals surface area contributed by atoms with E-state index in [1.807, 2.05) is 12.1 Å². The largest absolute Gasteiger partial charge is 0.390 e. The van der Waals surface area contributed by atoms with Gasteiger partial charge >= 0.3 is 0 Å². The van der Waals surface area contributed by atoms with E-state index >= 15 is 0 Å². The van der Waals surface area contributed by atoms with Gasteiger partial charge in [0.05, 0.1) is 17.7 Å². The van der Waals surface area contributed by atoms with E-state index in [-0.39, 0.29) is 6.54 Å². The number of aliphatic hydroxyl groups is 1. The zero-order chi connectivity index (χ0) is 10.4. The van der Waals surface area contributed by atoms with E-state index in [4.69, 9.17) is 11.0 Å². The van der Waals surface area contributed by atoms with Crippen molar-refractivity contribution in [1.29, 1.82) is 5.26 Å². The molecule has 0 aromatic heterocycles. The molecule has 14 heavy (non-hydrogen) atoms. The summed E-state index contributed by atoms with van der Waals surface area (Å²) in [5, 5.41) is 20.8. The van der Waals surface area contributed by atoms with E-state index in [9.17, 15) is 5.11 Å². The SMILES string of the molecule is N#Cc1cccc(NCC(O)CN)c1. The fourth-order valence-electron chi connectivity index (χ4n) is 1.02. The molecule has 0 bridgehead atoms. The zero-order valence-electron chi connectivity index (χ0n) is 7.77. The number of hydrogen-bond donors (Lipinski definition) is 3. The summed E-state index contributed by atoms with van der Waals surface area (Å²) in [5.41, 5.74) is 6.66. The Labute approximate surface area is 83.0 Å². The van der Waals surface area contributed by atoms with Gasteiger partial charge in [-0.05, 0) is 18.2 Å². The van der Waals surface area contributed by atoms with Gasteiger partial charge in [0.1, 0.15) is 0 Å². The molecular formula is C10H13N3O. The van der Waals surface area contributed by atoms with Crippen molar-refractivity contribution in [3.8, 4) is 6.07 Å². The lowest BCUT2D eigenvalue weighted by Crippen LogP contribution is -2.27. The number of hydrogen-bond acceptors (Lipinski definition) is 4. The van der Waals surface area contributed by atoms with Crippen molar-refractivity contribution < 1.29 is 5.11 Å². The first-order chi connectivity index (χ1) is 6.76. The number of benzene rings is 1. The van der Waals surface area contributed by atoms with E-state index < -0.39 is 6.10 Å². The lowest BCUT2D eigenvalue weighted by atomic mass is 10.2. The number of aliphatic hydroxyl groups excluding tert-OH is 1. The quantitative estimate of drug-likeness (QED) is 0.638. The highest BCUT2D eigenvalue weighted by atomic mass is 16.3. The Kier molecular flexibility index (Phi) is 3.92. The van der Waals surface area contributed by atoms with E-state index in [0.29, 0.717) is 12.1 Å². The normalized spacial score (nSPS) is 11.8. The third-order valence-electron chi connectivity index (χ3n) is 1.81. The van der Waals surface area contributed by atoms with Gasteiger partial charge in [-0.25, -0.2) is 0 Å². The number of rotatable bonds is 4. The average molecular weight is 191 g/mol. The van der Waals surface area contributed by atoms with Gasteiger partial charge in [-0.3, -0.25) is 0 Å². The summed E-state index contributed by atoms with van der Waals surface area (Å²) in [6.07, 6.45) is -0.555. The van der Waals surface area contributed by atoms with Gasteiger partial charge in [0.25, 0.3) is 0 Å². The maximum absolute atomic E-state index is 9.19. The van der Waals surface area contributed by atoms with Gasteiger partial charge in [0.15, 0.2) is 0 Å². The minimum absolute atomic E-state index is 0.227. The Morgan fingerprint density at radius 1 is 1.57 bits per heavy atom. The third-order valence-corrected chi connectivity index (χ3v) is 1.81. The van der Waals surface area contributed by atoms with Crippen LogP contribution in [0.2, 0.25) is 0 Å². The second-order valence-electron chi connectivity index (χ2n) is 2.96. The molecule has 4 nitrogen and oxygen atoms in total. The molecule has 1 rings (SSSR count). The predicted molar refractivity (Wildman–Crippen MR) is 54.7 cm³/mol. The van der Waals surface area contributed by atoms with Crippen molar-refractivity contribution in [3.63, 3.8) is 0 Å². The molecule has 0 saturated carbocycles. The third kappa shape index (κ3) is 3.05. The topological polar surface area (TPSA) is 82.1 Å². The summed E-state index contributed by atoms with van der Waals surface area (Å²) < 4.78 is 0. The summed E-state index contributed by atoms with van der Waals surface area (Å²) >= 11 is 0. The Morgan fingerprint density at radius 3 is 3.00 bits per heavy atom. The van der Waals surface area contributed by atoms with Crippen LogP contribution in [0.1, 0.15) is 5.56 Å². The number of nitrogens with two attached hydrogens (primary N) is 1. The summed E-state index contributed by atoms with van der Waals surface area (Å²) in [4.78, 5) is 0. The summed E-state index contributed by atoms with van der Waals surface area (Å²) in [7, 11) is 0. The molecule has 0 heterocycles. The Hall–Kier alpha value is -1.57. The van der Waals surface area contributed by atoms with Crippen molar-refractivity contribution in [2.24, 2.45) is 5.73 Å². The first kappa shape index (κ1) is 10.5. The lowest BCUT2D eigenvalue weighted by molar-refractivity contribution is 0.196. The van der Waals surface area contributed by atoms with Crippen LogP contribution in [0.5, 0.6) is 0 Å². The molecule has 0 aliphatic carbocycles. The molecule has 0 aliphatic heterocycles. The van der Waals surface area contributed by atoms with Crippen LogP contribution >= 0.6 is 0 Å². The minimum Gasteiger partial charge on any atom is -0.390 e. The maximum atomic E-state index is 9.19. The zero-order valence-corrected chi connectivity index (χ0v) is 7.77. The van der Waals surface area contributed by atoms with Crippen molar-refractivity contribution >= 4 is 5.69 Å². The molecule has 4 N–H and O–H groups in total. The fraction of sp³-hybridized carbons (Fsp3) is 0.300. The fourth-order valence-corrected chi connectivity index (χ4v) is 1.02. The second-order valence-corrected chi connectivity index (χ2v) is 2.96. The van der Waals surface area contributed by atoms with Gasteiger partial charge in [-0.1, -0.05) is 6.07 Å². The van der Waals surface area contributed by atoms with E-state index in [2.05, 4.69) is 5.32 Å². The monoisotopic (exact) mass is 191 g/mol. The predicted octanol–water partition coefficient (Wildman–Crippen LogP) is 0.290. The molecular weight excluding hydrogens is 178 g/mol. The van der Waals surface area contributed by atoms with E-state index in [1.54, 1.807) is 18.2 Å². The molecule has 0 fully saturated rings. The smallest absolute Gasteiger partial charge is 0.0992 e. The van der Waals surface area contributed by atoms with Gasteiger partial charge in [-0.2, -0.15) is 5.26 Å². The molecule has 74 valence electrons. The highest BCUT2D eigenvalue weighted by Crippen LogP contribution is 2.09. The summed E-state index contributed by atoms with van der Waals surface area (Å²) in [6, 6.07) is 9.12. The Balaban J connectivity index is 2.55. The lowest BCUT2D eigenvalue weighted by Gasteiger charge is -2.10. The minimum atomic E-state index is -0.555. The molecule has 0 amide bonds. The second kappa shape index (κ2) is 5.22. The van der Waals surface area contributed by atoms with Gasteiger partial charge in [-0.15, -0.1) is 0 Å². The van der Waals surface area contributed by atoms with Crippen molar-refractivity contribution in [1.82, 2.24) is 0 Å². The molecule has 1 atom stereocenters. The molecule has 0 aliphatic rings. The molecule has 0 radical (unpaired) electrons. The van der Waals surface area contributed by atoms with Gasteiger partial charge in [0, 0.05) is 18.8 Å². The molecule has 1 aromatic rings. The van der Waals surface area contributed by atoms with E-state index in [1.165, 1.54) is 0 Å². The highest BCUT2D eigenvalue weighted by molar-refractivity contribution is 5.49. The number of nitrogens with zero attached hydrogens (tertiary/aromatic N) is 1. The van der Waals surface area contributed by atoms with Crippen LogP contribution in [0.4, 0.5) is 5.69 Å². The summed E-state index contributed by atoms with van der Waals surface area (Å²) in [6.45, 7) is 0.621. The standard InChI is InChI=1S/C10H13N3O/c11-5-8-2-1-3-9(4-8)13-7-10(14)6-12/h1-4,10,13-14H,6-7,12H2. The maximum Gasteiger partial charge on any atom is 0.0992 e. The van der Waals surface area contributed by atoms with Crippen LogP contribution in [0.15, 0.2) is 24.3 Å². The first-order valence-corrected chi connectivity index (χ1v) is 4.38. The van der Waals surface area contributed by atoms with Gasteiger partial charge in [0.2, 0.25) is 0 Å². The number of nitrogens with one attached hydrogen (secondary N) is 1. The van der Waals surface area contributed by atoms with Gasteiger partial charge < -0.3 is 16.2 Å². The van der Waals surface area contributed by atoms with Crippen LogP contribution < -0.4 is 11.1 Å². The van der Waals surface area contributed by atoms with Crippen LogP contribution in [-0.4, -0.2) is 24.3 Å². The molecule has 1 aromatic carbocycles. The van der Waals surface area contributed by atoms with Crippen molar-refractivity contribution in [3.05, 3.63) is 29.8 Å². The Bertz CT molecular complexity index is 332. The molecule has 0 spiro atoms. The molecule has 4 heteroatoms. The Morgan fingerprint density at radius 2 is 2.36 bits per heavy atom. The van der Waals surface area contributed by atoms with E-state index in [0.717, 1.165) is 5.69 Å². The average Bonchev–Trinajstić information content (AvgIpc) is 2.26. The van der Waals surface area contributed by atoms with Crippen LogP contribution in [0, 0.1) is 11.3 Å². The number of anilines is 1.